The lowest BCUT2D eigenvalue weighted by atomic mass is 9.66. The average molecular weight is 340 g/mol. The van der Waals surface area contributed by atoms with E-state index in [-0.39, 0.29) is 6.17 Å². The summed E-state index contributed by atoms with van der Waals surface area (Å²) in [5.74, 6) is 3.64. The Balaban J connectivity index is 2.01. The summed E-state index contributed by atoms with van der Waals surface area (Å²) in [5.41, 5.74) is 6.24. The average Bonchev–Trinajstić information content (AvgIpc) is 2.97. The molecular weight excluding hydrogens is 298 g/mol. The Morgan fingerprint density at radius 1 is 1.25 bits per heavy atom. The number of aliphatic hydroxyl groups excluding tert-OH is 1. The lowest BCUT2D eigenvalue weighted by Crippen LogP contribution is -2.44. The van der Waals surface area contributed by atoms with Gasteiger partial charge in [-0.25, -0.2) is 0 Å². The Hall–Kier alpha value is -0.160. The van der Waals surface area contributed by atoms with Crippen LogP contribution in [0, 0.1) is 29.6 Å². The summed E-state index contributed by atoms with van der Waals surface area (Å²) in [5, 5.41) is 12.8. The van der Waals surface area contributed by atoms with E-state index in [4.69, 9.17) is 5.73 Å². The molecule has 4 heteroatoms. The summed E-state index contributed by atoms with van der Waals surface area (Å²) < 4.78 is 0. The maximum Gasteiger partial charge on any atom is 0.0575 e. The predicted octanol–water partition coefficient (Wildman–Crippen LogP) is 2.66. The quantitative estimate of drug-likeness (QED) is 0.636. The van der Waals surface area contributed by atoms with Crippen LogP contribution in [0.3, 0.4) is 0 Å². The molecule has 0 aromatic heterocycles. The topological polar surface area (TPSA) is 61.5 Å². The zero-order valence-electron chi connectivity index (χ0n) is 16.4. The van der Waals surface area contributed by atoms with E-state index in [0.717, 1.165) is 30.7 Å². The highest BCUT2D eigenvalue weighted by molar-refractivity contribution is 4.91. The minimum atomic E-state index is 0.210. The van der Waals surface area contributed by atoms with Crippen LogP contribution in [0.15, 0.2) is 0 Å². The highest BCUT2D eigenvalue weighted by Crippen LogP contribution is 2.43. The second kappa shape index (κ2) is 9.51. The zero-order valence-corrected chi connectivity index (χ0v) is 16.4. The van der Waals surface area contributed by atoms with Crippen molar-refractivity contribution in [2.45, 2.75) is 71.0 Å². The fraction of sp³-hybridized carbons (Fsp3) is 1.00. The lowest BCUT2D eigenvalue weighted by Gasteiger charge is -2.45. The number of hydrogen-bond acceptors (Lipinski definition) is 4. The molecular formula is C20H41N3O. The molecule has 0 aromatic rings. The Morgan fingerprint density at radius 3 is 2.54 bits per heavy atom. The molecule has 0 aromatic carbocycles. The molecule has 0 spiro atoms. The van der Waals surface area contributed by atoms with Crippen LogP contribution < -0.4 is 11.1 Å². The minimum Gasteiger partial charge on any atom is -0.396 e. The molecule has 0 bridgehead atoms. The predicted molar refractivity (Wildman–Crippen MR) is 102 cm³/mol. The molecule has 0 amide bonds. The van der Waals surface area contributed by atoms with Crippen molar-refractivity contribution in [2.24, 2.45) is 35.3 Å². The molecule has 1 aliphatic carbocycles. The second-order valence-corrected chi connectivity index (χ2v) is 8.69. The van der Waals surface area contributed by atoms with Crippen LogP contribution in [0.1, 0.15) is 58.8 Å². The van der Waals surface area contributed by atoms with E-state index >= 15 is 0 Å². The molecule has 1 aliphatic heterocycles. The monoisotopic (exact) mass is 339 g/mol. The lowest BCUT2D eigenvalue weighted by molar-refractivity contribution is 0.0499. The maximum atomic E-state index is 9.40. The number of rotatable bonds is 8. The first-order valence-corrected chi connectivity index (χ1v) is 10.2. The third-order valence-corrected chi connectivity index (χ3v) is 7.08. The van der Waals surface area contributed by atoms with Crippen LogP contribution in [0.4, 0.5) is 0 Å². The number of aliphatic hydroxyl groups is 1. The van der Waals surface area contributed by atoms with Gasteiger partial charge in [-0.1, -0.05) is 20.3 Å². The maximum absolute atomic E-state index is 9.40. The Morgan fingerprint density at radius 2 is 2.00 bits per heavy atom. The van der Waals surface area contributed by atoms with E-state index in [9.17, 15) is 5.11 Å². The van der Waals surface area contributed by atoms with Crippen molar-refractivity contribution in [3.8, 4) is 0 Å². The van der Waals surface area contributed by atoms with Gasteiger partial charge in [-0.05, 0) is 88.8 Å². The second-order valence-electron chi connectivity index (χ2n) is 8.69. The third-order valence-electron chi connectivity index (χ3n) is 7.08. The van der Waals surface area contributed by atoms with Crippen molar-refractivity contribution in [1.29, 1.82) is 0 Å². The van der Waals surface area contributed by atoms with E-state index in [1.807, 2.05) is 0 Å². The highest BCUT2D eigenvalue weighted by Gasteiger charge is 2.38. The number of nitrogens with zero attached hydrogens (tertiary/aromatic N) is 1. The van der Waals surface area contributed by atoms with Crippen LogP contribution in [0.2, 0.25) is 0 Å². The van der Waals surface area contributed by atoms with E-state index in [1.54, 1.807) is 0 Å². The standard InChI is InChI=1S/C20H41N3O/c1-5-15(12-17-8-10-22-20(17)21)16-6-7-19(23(3)4)18(13-16)14(2)9-11-24/h14-20,22,24H,5-13,21H2,1-4H3. The molecule has 4 nitrogen and oxygen atoms in total. The van der Waals surface area contributed by atoms with Gasteiger partial charge in [0.15, 0.2) is 0 Å². The van der Waals surface area contributed by atoms with Crippen molar-refractivity contribution in [3.63, 3.8) is 0 Å². The van der Waals surface area contributed by atoms with Gasteiger partial charge in [0.05, 0.1) is 6.17 Å². The largest absolute Gasteiger partial charge is 0.396 e. The number of nitrogens with two attached hydrogens (primary N) is 1. The van der Waals surface area contributed by atoms with E-state index < -0.39 is 0 Å². The minimum absolute atomic E-state index is 0.210. The summed E-state index contributed by atoms with van der Waals surface area (Å²) in [6.45, 7) is 6.12. The summed E-state index contributed by atoms with van der Waals surface area (Å²) >= 11 is 0. The SMILES string of the molecule is CCC(CC1CCNC1N)C1CCC(N(C)C)C(C(C)CCO)C1. The molecule has 1 saturated heterocycles. The summed E-state index contributed by atoms with van der Waals surface area (Å²) in [6, 6.07) is 0.677. The Kier molecular flexibility index (Phi) is 7.99. The molecule has 2 fully saturated rings. The van der Waals surface area contributed by atoms with Gasteiger partial charge in [0.25, 0.3) is 0 Å². The fourth-order valence-corrected chi connectivity index (χ4v) is 5.45. The van der Waals surface area contributed by atoms with Crippen molar-refractivity contribution < 1.29 is 5.11 Å². The summed E-state index contributed by atoms with van der Waals surface area (Å²) in [4.78, 5) is 2.42. The first-order valence-electron chi connectivity index (χ1n) is 10.2. The smallest absolute Gasteiger partial charge is 0.0575 e. The fourth-order valence-electron chi connectivity index (χ4n) is 5.45. The van der Waals surface area contributed by atoms with Gasteiger partial charge in [0.2, 0.25) is 0 Å². The number of nitrogens with one attached hydrogen (secondary N) is 1. The van der Waals surface area contributed by atoms with Crippen LogP contribution >= 0.6 is 0 Å². The molecule has 142 valence electrons. The van der Waals surface area contributed by atoms with Gasteiger partial charge >= 0.3 is 0 Å². The van der Waals surface area contributed by atoms with Gasteiger partial charge in [-0.2, -0.15) is 0 Å². The first kappa shape index (κ1) is 20.2. The normalized spacial score (nSPS) is 36.9. The van der Waals surface area contributed by atoms with Crippen LogP contribution in [-0.4, -0.2) is 49.5 Å². The molecule has 7 unspecified atom stereocenters. The van der Waals surface area contributed by atoms with Crippen molar-refractivity contribution in [3.05, 3.63) is 0 Å². The van der Waals surface area contributed by atoms with Crippen LogP contribution in [0.25, 0.3) is 0 Å². The Labute approximate surface area is 149 Å². The molecule has 7 atom stereocenters. The van der Waals surface area contributed by atoms with Gasteiger partial charge in [0, 0.05) is 12.6 Å². The van der Waals surface area contributed by atoms with E-state index in [2.05, 4.69) is 38.2 Å². The number of hydrogen-bond donors (Lipinski definition) is 3. The molecule has 24 heavy (non-hydrogen) atoms. The van der Waals surface area contributed by atoms with Crippen molar-refractivity contribution in [1.82, 2.24) is 10.2 Å². The Bertz CT molecular complexity index is 363. The first-order chi connectivity index (χ1) is 11.5. The molecule has 1 saturated carbocycles. The van der Waals surface area contributed by atoms with E-state index in [1.165, 1.54) is 38.5 Å². The highest BCUT2D eigenvalue weighted by atomic mass is 16.3. The molecule has 2 aliphatic rings. The molecule has 0 radical (unpaired) electrons. The van der Waals surface area contributed by atoms with Gasteiger partial charge in [0.1, 0.15) is 0 Å². The van der Waals surface area contributed by atoms with Gasteiger partial charge in [-0.15, -0.1) is 0 Å². The van der Waals surface area contributed by atoms with Crippen LogP contribution in [0.5, 0.6) is 0 Å². The molecule has 4 N–H and O–H groups in total. The zero-order chi connectivity index (χ0) is 17.7. The van der Waals surface area contributed by atoms with E-state index in [0.29, 0.717) is 24.5 Å². The van der Waals surface area contributed by atoms with Crippen molar-refractivity contribution in [2.75, 3.05) is 27.2 Å². The van der Waals surface area contributed by atoms with Gasteiger partial charge < -0.3 is 21.1 Å². The summed E-state index contributed by atoms with van der Waals surface area (Å²) in [7, 11) is 4.45. The van der Waals surface area contributed by atoms with Crippen molar-refractivity contribution >= 4 is 0 Å². The third kappa shape index (κ3) is 4.94. The molecule has 2 rings (SSSR count). The molecule has 1 heterocycles. The van der Waals surface area contributed by atoms with Gasteiger partial charge in [-0.3, -0.25) is 0 Å². The summed E-state index contributed by atoms with van der Waals surface area (Å²) in [6.07, 6.45) is 8.97. The van der Waals surface area contributed by atoms with Crippen LogP contribution in [-0.2, 0) is 0 Å².